The van der Waals surface area contributed by atoms with Gasteiger partial charge in [0.15, 0.2) is 0 Å². The second-order valence-electron chi connectivity index (χ2n) is 7.27. The SMILES string of the molecule is CC(=O)N1N=C(c2cc(F)ccc2Cl)SC12c1cc(F)ccc1CCC2CCN. The van der Waals surface area contributed by atoms with Crippen molar-refractivity contribution < 1.29 is 13.6 Å². The minimum atomic E-state index is -0.939. The van der Waals surface area contributed by atoms with Crippen LogP contribution in [-0.4, -0.2) is 22.5 Å². The second-order valence-corrected chi connectivity index (χ2v) is 8.89. The smallest absolute Gasteiger partial charge is 0.241 e. The first kappa shape index (κ1) is 20.3. The van der Waals surface area contributed by atoms with E-state index < -0.39 is 10.7 Å². The highest BCUT2D eigenvalue weighted by molar-refractivity contribution is 8.15. The number of hydrogen-bond donors (Lipinski definition) is 1. The molecule has 0 saturated carbocycles. The van der Waals surface area contributed by atoms with Crippen LogP contribution in [0.5, 0.6) is 0 Å². The molecule has 1 aliphatic carbocycles. The van der Waals surface area contributed by atoms with E-state index in [-0.39, 0.29) is 17.6 Å². The van der Waals surface area contributed by atoms with Crippen LogP contribution in [0.3, 0.4) is 0 Å². The van der Waals surface area contributed by atoms with Crippen LogP contribution in [-0.2, 0) is 16.1 Å². The Hall–Kier alpha value is -1.96. The minimum absolute atomic E-state index is 0.0377. The van der Waals surface area contributed by atoms with Gasteiger partial charge in [0.25, 0.3) is 0 Å². The lowest BCUT2D eigenvalue weighted by molar-refractivity contribution is -0.134. The molecule has 1 aliphatic heterocycles. The van der Waals surface area contributed by atoms with E-state index in [0.29, 0.717) is 34.2 Å². The molecular weight excluding hydrogens is 416 g/mol. The van der Waals surface area contributed by atoms with Gasteiger partial charge in [0, 0.05) is 12.5 Å². The first-order chi connectivity index (χ1) is 13.9. The largest absolute Gasteiger partial charge is 0.330 e. The lowest BCUT2D eigenvalue weighted by Crippen LogP contribution is -2.49. The summed E-state index contributed by atoms with van der Waals surface area (Å²) in [6, 6.07) is 8.71. The molecule has 2 aromatic rings. The summed E-state index contributed by atoms with van der Waals surface area (Å²) in [4.78, 5) is 11.7. The molecule has 0 aromatic heterocycles. The van der Waals surface area contributed by atoms with Crippen LogP contribution in [0.1, 0.15) is 36.5 Å². The molecule has 4 rings (SSSR count). The number of amides is 1. The number of nitrogens with two attached hydrogens (primary N) is 1. The normalized spacial score (nSPS) is 23.3. The summed E-state index contributed by atoms with van der Waals surface area (Å²) in [6.45, 7) is 1.86. The number of benzene rings is 2. The highest BCUT2D eigenvalue weighted by atomic mass is 35.5. The first-order valence-corrected chi connectivity index (χ1v) is 10.6. The molecule has 1 amide bonds. The van der Waals surface area contributed by atoms with Crippen molar-refractivity contribution >= 4 is 34.3 Å². The van der Waals surface area contributed by atoms with Crippen LogP contribution in [0.4, 0.5) is 8.78 Å². The summed E-state index contributed by atoms with van der Waals surface area (Å²) in [7, 11) is 0. The van der Waals surface area contributed by atoms with E-state index in [1.165, 1.54) is 54.0 Å². The molecule has 2 atom stereocenters. The summed E-state index contributed by atoms with van der Waals surface area (Å²) in [5, 5.41) is 6.73. The Morgan fingerprint density at radius 1 is 1.31 bits per heavy atom. The van der Waals surface area contributed by atoms with Crippen LogP contribution in [0.15, 0.2) is 41.5 Å². The number of carbonyl (C=O) groups excluding carboxylic acids is 1. The van der Waals surface area contributed by atoms with Gasteiger partial charge in [-0.2, -0.15) is 5.10 Å². The van der Waals surface area contributed by atoms with E-state index in [1.54, 1.807) is 6.07 Å². The summed E-state index contributed by atoms with van der Waals surface area (Å²) in [5.74, 6) is -1.14. The van der Waals surface area contributed by atoms with E-state index in [4.69, 9.17) is 17.3 Å². The van der Waals surface area contributed by atoms with Crippen LogP contribution in [0.25, 0.3) is 0 Å². The maximum absolute atomic E-state index is 14.3. The Labute approximate surface area is 177 Å². The molecule has 2 aliphatic rings. The zero-order valence-corrected chi connectivity index (χ0v) is 17.4. The van der Waals surface area contributed by atoms with Crippen molar-refractivity contribution in [2.45, 2.75) is 31.1 Å². The predicted octanol–water partition coefficient (Wildman–Crippen LogP) is 4.64. The Kier molecular flexibility index (Phi) is 5.40. The third-order valence-corrected chi connectivity index (χ3v) is 7.37. The number of thioether (sulfide) groups is 1. The molecule has 152 valence electrons. The lowest BCUT2D eigenvalue weighted by atomic mass is 9.77. The van der Waals surface area contributed by atoms with Crippen LogP contribution >= 0.6 is 23.4 Å². The number of halogens is 3. The third-order valence-electron chi connectivity index (χ3n) is 5.50. The van der Waals surface area contributed by atoms with Crippen molar-refractivity contribution in [1.82, 2.24) is 5.01 Å². The number of rotatable bonds is 3. The maximum Gasteiger partial charge on any atom is 0.241 e. The highest BCUT2D eigenvalue weighted by Crippen LogP contribution is 2.57. The van der Waals surface area contributed by atoms with Crippen LogP contribution < -0.4 is 5.73 Å². The predicted molar refractivity (Wildman–Crippen MR) is 112 cm³/mol. The van der Waals surface area contributed by atoms with Crippen molar-refractivity contribution in [1.29, 1.82) is 0 Å². The number of fused-ring (bicyclic) bond motifs is 2. The Bertz CT molecular complexity index is 1020. The summed E-state index contributed by atoms with van der Waals surface area (Å²) < 4.78 is 28.2. The number of hydrazone groups is 1. The quantitative estimate of drug-likeness (QED) is 0.764. The van der Waals surface area contributed by atoms with E-state index >= 15 is 0 Å². The number of carbonyl (C=O) groups is 1. The van der Waals surface area contributed by atoms with Crippen LogP contribution in [0, 0.1) is 17.6 Å². The van der Waals surface area contributed by atoms with Gasteiger partial charge in [-0.1, -0.05) is 29.4 Å². The minimum Gasteiger partial charge on any atom is -0.330 e. The van der Waals surface area contributed by atoms with Gasteiger partial charge in [-0.15, -0.1) is 0 Å². The lowest BCUT2D eigenvalue weighted by Gasteiger charge is -2.45. The average Bonchev–Trinajstić information content (AvgIpc) is 3.08. The number of nitrogens with zero attached hydrogens (tertiary/aromatic N) is 2. The standard InChI is InChI=1S/C21H20ClF2N3OS/c1-12(28)27-21(29-20(26-27)17-10-15(23)6-7-19(17)22)14(8-9-25)4-2-13-3-5-16(24)11-18(13)21/h3,5-7,10-11,14H,2,4,8-9,25H2,1H3. The molecular formula is C21H20ClF2N3OS. The van der Waals surface area contributed by atoms with Crippen molar-refractivity contribution in [3.05, 3.63) is 69.7 Å². The van der Waals surface area contributed by atoms with Crippen molar-refractivity contribution in [3.63, 3.8) is 0 Å². The Balaban J connectivity index is 1.91. The van der Waals surface area contributed by atoms with Gasteiger partial charge < -0.3 is 5.73 Å². The van der Waals surface area contributed by atoms with Gasteiger partial charge >= 0.3 is 0 Å². The number of aryl methyl sites for hydroxylation is 1. The fourth-order valence-electron chi connectivity index (χ4n) is 4.26. The molecule has 0 saturated heterocycles. The number of hydrogen-bond acceptors (Lipinski definition) is 4. The molecule has 29 heavy (non-hydrogen) atoms. The summed E-state index contributed by atoms with van der Waals surface area (Å²) >= 11 is 7.64. The zero-order chi connectivity index (χ0) is 20.8. The van der Waals surface area contributed by atoms with Gasteiger partial charge in [-0.3, -0.25) is 4.79 Å². The Morgan fingerprint density at radius 3 is 2.76 bits per heavy atom. The Morgan fingerprint density at radius 2 is 2.03 bits per heavy atom. The van der Waals surface area contributed by atoms with Crippen LogP contribution in [0.2, 0.25) is 5.02 Å². The third kappa shape index (κ3) is 3.35. The van der Waals surface area contributed by atoms with E-state index in [0.717, 1.165) is 18.4 Å². The summed E-state index contributed by atoms with van der Waals surface area (Å²) in [6.07, 6.45) is 2.20. The molecule has 0 radical (unpaired) electrons. The maximum atomic E-state index is 14.3. The van der Waals surface area contributed by atoms with Gasteiger partial charge in [0.05, 0.1) is 5.02 Å². The van der Waals surface area contributed by atoms with Gasteiger partial charge in [-0.25, -0.2) is 13.8 Å². The molecule has 2 unspecified atom stereocenters. The fraction of sp³-hybridized carbons (Fsp3) is 0.333. The summed E-state index contributed by atoms with van der Waals surface area (Å²) in [5.41, 5.74) is 7.98. The van der Waals surface area contributed by atoms with Gasteiger partial charge in [0.1, 0.15) is 21.5 Å². The molecule has 2 N–H and O–H groups in total. The monoisotopic (exact) mass is 435 g/mol. The molecule has 1 heterocycles. The molecule has 1 spiro atoms. The molecule has 0 fully saturated rings. The van der Waals surface area contributed by atoms with Crippen molar-refractivity contribution in [3.8, 4) is 0 Å². The van der Waals surface area contributed by atoms with E-state index in [1.807, 2.05) is 0 Å². The first-order valence-electron chi connectivity index (χ1n) is 9.39. The molecule has 8 heteroatoms. The van der Waals surface area contributed by atoms with Crippen molar-refractivity contribution in [2.75, 3.05) is 6.54 Å². The van der Waals surface area contributed by atoms with Gasteiger partial charge in [0.2, 0.25) is 5.91 Å². The van der Waals surface area contributed by atoms with E-state index in [2.05, 4.69) is 5.10 Å². The fourth-order valence-corrected chi connectivity index (χ4v) is 6.18. The molecule has 4 nitrogen and oxygen atoms in total. The molecule has 0 bridgehead atoms. The van der Waals surface area contributed by atoms with E-state index in [9.17, 15) is 13.6 Å². The van der Waals surface area contributed by atoms with Crippen molar-refractivity contribution in [2.24, 2.45) is 16.8 Å². The second kappa shape index (κ2) is 7.70. The topological polar surface area (TPSA) is 58.7 Å². The highest BCUT2D eigenvalue weighted by Gasteiger charge is 2.55. The van der Waals surface area contributed by atoms with Gasteiger partial charge in [-0.05, 0) is 73.2 Å². The zero-order valence-electron chi connectivity index (χ0n) is 15.8. The average molecular weight is 436 g/mol. The molecule has 2 aromatic carbocycles.